The quantitative estimate of drug-likeness (QED) is 0.795. The lowest BCUT2D eigenvalue weighted by Crippen LogP contribution is -2.48. The molecule has 2 heterocycles. The maximum Gasteiger partial charge on any atom is 0.243 e. The molecule has 0 radical (unpaired) electrons. The molecule has 0 saturated carbocycles. The number of para-hydroxylation sites is 2. The molecule has 1 atom stereocenters. The van der Waals surface area contributed by atoms with Gasteiger partial charge in [0, 0.05) is 13.1 Å². The van der Waals surface area contributed by atoms with E-state index in [0.717, 1.165) is 11.3 Å². The predicted molar refractivity (Wildman–Crippen MR) is 107 cm³/mol. The van der Waals surface area contributed by atoms with Gasteiger partial charge in [-0.05, 0) is 44.0 Å². The van der Waals surface area contributed by atoms with Gasteiger partial charge in [0.15, 0.2) is 0 Å². The number of sulfonamides is 1. The Morgan fingerprint density at radius 2 is 1.82 bits per heavy atom. The highest BCUT2D eigenvalue weighted by molar-refractivity contribution is 7.89. The molecule has 1 fully saturated rings. The number of hydrogen-bond acceptors (Lipinski definition) is 4. The molecule has 2 aliphatic rings. The standard InChI is InChI=1S/C21H24N2O4S/c1-16-8-10-18(11-9-16)28(25,26)22-12-4-5-17(15-22)21(24)23-13-14-27-20-7-3-2-6-19(20)23/h2-3,6-11,17H,4-5,12-15H2,1H3. The second kappa shape index (κ2) is 7.56. The molecule has 148 valence electrons. The summed E-state index contributed by atoms with van der Waals surface area (Å²) in [4.78, 5) is 15.2. The van der Waals surface area contributed by atoms with E-state index in [9.17, 15) is 13.2 Å². The van der Waals surface area contributed by atoms with E-state index >= 15 is 0 Å². The Labute approximate surface area is 165 Å². The van der Waals surface area contributed by atoms with Crippen molar-refractivity contribution in [3.8, 4) is 5.75 Å². The first-order valence-electron chi connectivity index (χ1n) is 9.57. The molecule has 1 unspecified atom stereocenters. The fourth-order valence-corrected chi connectivity index (χ4v) is 5.36. The monoisotopic (exact) mass is 400 g/mol. The molecule has 2 aromatic carbocycles. The number of benzene rings is 2. The highest BCUT2D eigenvalue weighted by atomic mass is 32.2. The molecular formula is C21H24N2O4S. The number of nitrogens with zero attached hydrogens (tertiary/aromatic N) is 2. The van der Waals surface area contributed by atoms with E-state index in [1.165, 1.54) is 4.31 Å². The summed E-state index contributed by atoms with van der Waals surface area (Å²) in [6.45, 7) is 3.51. The first-order valence-corrected chi connectivity index (χ1v) is 11.0. The van der Waals surface area contributed by atoms with Crippen LogP contribution in [0.5, 0.6) is 5.75 Å². The van der Waals surface area contributed by atoms with E-state index in [0.29, 0.717) is 38.3 Å². The van der Waals surface area contributed by atoms with Crippen LogP contribution in [0.3, 0.4) is 0 Å². The summed E-state index contributed by atoms with van der Waals surface area (Å²) >= 11 is 0. The fraction of sp³-hybridized carbons (Fsp3) is 0.381. The lowest BCUT2D eigenvalue weighted by molar-refractivity contribution is -0.123. The lowest BCUT2D eigenvalue weighted by atomic mass is 9.97. The minimum absolute atomic E-state index is 0.0282. The van der Waals surface area contributed by atoms with Gasteiger partial charge in [0.25, 0.3) is 0 Å². The van der Waals surface area contributed by atoms with Gasteiger partial charge in [-0.2, -0.15) is 4.31 Å². The predicted octanol–water partition coefficient (Wildman–Crippen LogP) is 2.82. The van der Waals surface area contributed by atoms with Gasteiger partial charge in [-0.25, -0.2) is 8.42 Å². The Morgan fingerprint density at radius 1 is 1.07 bits per heavy atom. The zero-order valence-electron chi connectivity index (χ0n) is 15.9. The van der Waals surface area contributed by atoms with E-state index in [1.807, 2.05) is 31.2 Å². The van der Waals surface area contributed by atoms with Gasteiger partial charge in [0.05, 0.1) is 23.0 Å². The minimum atomic E-state index is -3.60. The van der Waals surface area contributed by atoms with Crippen molar-refractivity contribution >= 4 is 21.6 Å². The first kappa shape index (κ1) is 19.0. The number of fused-ring (bicyclic) bond motifs is 1. The molecule has 0 N–H and O–H groups in total. The molecule has 6 nitrogen and oxygen atoms in total. The summed E-state index contributed by atoms with van der Waals surface area (Å²) in [7, 11) is -3.60. The van der Waals surface area contributed by atoms with Crippen LogP contribution in [-0.4, -0.2) is 44.9 Å². The Hall–Kier alpha value is -2.38. The third kappa shape index (κ3) is 3.52. The minimum Gasteiger partial charge on any atom is -0.490 e. The number of amides is 1. The van der Waals surface area contributed by atoms with Crippen LogP contribution >= 0.6 is 0 Å². The van der Waals surface area contributed by atoms with Crippen LogP contribution in [0, 0.1) is 12.8 Å². The van der Waals surface area contributed by atoms with Crippen molar-refractivity contribution in [3.63, 3.8) is 0 Å². The Kier molecular flexibility index (Phi) is 5.12. The van der Waals surface area contributed by atoms with Crippen molar-refractivity contribution in [2.45, 2.75) is 24.7 Å². The molecule has 7 heteroatoms. The second-order valence-corrected chi connectivity index (χ2v) is 9.26. The van der Waals surface area contributed by atoms with Crippen molar-refractivity contribution < 1.29 is 17.9 Å². The molecule has 4 rings (SSSR count). The summed E-state index contributed by atoms with van der Waals surface area (Å²) in [5.74, 6) is 0.321. The fourth-order valence-electron chi connectivity index (χ4n) is 3.84. The van der Waals surface area contributed by atoms with Crippen LogP contribution in [0.1, 0.15) is 18.4 Å². The van der Waals surface area contributed by atoms with Gasteiger partial charge in [-0.1, -0.05) is 29.8 Å². The zero-order chi connectivity index (χ0) is 19.7. The summed E-state index contributed by atoms with van der Waals surface area (Å²) < 4.78 is 33.1. The number of aryl methyl sites for hydroxylation is 1. The SMILES string of the molecule is Cc1ccc(S(=O)(=O)N2CCCC(C(=O)N3CCOc4ccccc43)C2)cc1. The van der Waals surface area contributed by atoms with Gasteiger partial charge < -0.3 is 9.64 Å². The number of anilines is 1. The normalized spacial score (nSPS) is 20.3. The molecule has 1 saturated heterocycles. The molecular weight excluding hydrogens is 376 g/mol. The summed E-state index contributed by atoms with van der Waals surface area (Å²) in [5, 5.41) is 0. The van der Waals surface area contributed by atoms with Gasteiger partial charge in [0.1, 0.15) is 12.4 Å². The largest absolute Gasteiger partial charge is 0.490 e. The van der Waals surface area contributed by atoms with E-state index in [1.54, 1.807) is 29.2 Å². The average Bonchev–Trinajstić information content (AvgIpc) is 2.73. The van der Waals surface area contributed by atoms with Crippen LogP contribution in [-0.2, 0) is 14.8 Å². The van der Waals surface area contributed by atoms with Gasteiger partial charge >= 0.3 is 0 Å². The van der Waals surface area contributed by atoms with Crippen LogP contribution < -0.4 is 9.64 Å². The first-order chi connectivity index (χ1) is 13.5. The Bertz CT molecular complexity index is 972. The van der Waals surface area contributed by atoms with Crippen molar-refractivity contribution in [1.82, 2.24) is 4.31 Å². The molecule has 0 spiro atoms. The second-order valence-electron chi connectivity index (χ2n) is 7.32. The van der Waals surface area contributed by atoms with E-state index < -0.39 is 10.0 Å². The van der Waals surface area contributed by atoms with E-state index in [-0.39, 0.29) is 23.3 Å². The third-order valence-corrected chi connectivity index (χ3v) is 7.27. The molecule has 0 bridgehead atoms. The maximum atomic E-state index is 13.2. The lowest BCUT2D eigenvalue weighted by Gasteiger charge is -2.36. The Balaban J connectivity index is 1.54. The van der Waals surface area contributed by atoms with Crippen LogP contribution in [0.25, 0.3) is 0 Å². The van der Waals surface area contributed by atoms with Crippen LogP contribution in [0.2, 0.25) is 0 Å². The van der Waals surface area contributed by atoms with Gasteiger partial charge in [0.2, 0.25) is 15.9 Å². The van der Waals surface area contributed by atoms with Crippen LogP contribution in [0.15, 0.2) is 53.4 Å². The zero-order valence-corrected chi connectivity index (χ0v) is 16.7. The molecule has 0 aromatic heterocycles. The number of carbonyl (C=O) groups excluding carboxylic acids is 1. The van der Waals surface area contributed by atoms with E-state index in [2.05, 4.69) is 0 Å². The number of piperidine rings is 1. The maximum absolute atomic E-state index is 13.2. The highest BCUT2D eigenvalue weighted by Crippen LogP contribution is 2.33. The number of carbonyl (C=O) groups is 1. The average molecular weight is 401 g/mol. The van der Waals surface area contributed by atoms with Gasteiger partial charge in [-0.15, -0.1) is 0 Å². The van der Waals surface area contributed by atoms with Crippen molar-refractivity contribution in [3.05, 3.63) is 54.1 Å². The van der Waals surface area contributed by atoms with Crippen molar-refractivity contribution in [2.24, 2.45) is 5.92 Å². The highest BCUT2D eigenvalue weighted by Gasteiger charge is 2.36. The van der Waals surface area contributed by atoms with Crippen molar-refractivity contribution in [1.29, 1.82) is 0 Å². The Morgan fingerprint density at radius 3 is 2.61 bits per heavy atom. The molecule has 0 aliphatic carbocycles. The van der Waals surface area contributed by atoms with Crippen molar-refractivity contribution in [2.75, 3.05) is 31.1 Å². The summed E-state index contributed by atoms with van der Waals surface area (Å²) in [6.07, 6.45) is 1.37. The van der Waals surface area contributed by atoms with Gasteiger partial charge in [-0.3, -0.25) is 4.79 Å². The number of hydrogen-bond donors (Lipinski definition) is 0. The number of rotatable bonds is 3. The molecule has 2 aromatic rings. The summed E-state index contributed by atoms with van der Waals surface area (Å²) in [5.41, 5.74) is 1.77. The van der Waals surface area contributed by atoms with Crippen LogP contribution in [0.4, 0.5) is 5.69 Å². The number of ether oxygens (including phenoxy) is 1. The summed E-state index contributed by atoms with van der Waals surface area (Å²) in [6, 6.07) is 14.3. The topological polar surface area (TPSA) is 66.9 Å². The molecule has 28 heavy (non-hydrogen) atoms. The van der Waals surface area contributed by atoms with E-state index in [4.69, 9.17) is 4.74 Å². The molecule has 2 aliphatic heterocycles. The smallest absolute Gasteiger partial charge is 0.243 e. The third-order valence-electron chi connectivity index (χ3n) is 5.39. The molecule has 1 amide bonds.